The van der Waals surface area contributed by atoms with E-state index in [1.165, 1.54) is 18.2 Å². The van der Waals surface area contributed by atoms with Gasteiger partial charge in [0.2, 0.25) is 5.43 Å². The van der Waals surface area contributed by atoms with E-state index in [4.69, 9.17) is 9.47 Å². The van der Waals surface area contributed by atoms with Crippen LogP contribution in [0, 0.1) is 5.82 Å². The molecule has 0 radical (unpaired) electrons. The summed E-state index contributed by atoms with van der Waals surface area (Å²) < 4.78 is 28.3. The Morgan fingerprint density at radius 2 is 1.74 bits per heavy atom. The third-order valence-electron chi connectivity index (χ3n) is 6.85. The average Bonchev–Trinajstić information content (AvgIpc) is 2.98. The minimum absolute atomic E-state index is 0.0255. The number of para-hydroxylation sites is 1. The summed E-state index contributed by atoms with van der Waals surface area (Å²) in [5, 5.41) is 1.93. The number of fused-ring (bicyclic) bond motifs is 5. The van der Waals surface area contributed by atoms with Crippen molar-refractivity contribution in [2.75, 3.05) is 24.8 Å². The lowest BCUT2D eigenvalue weighted by Gasteiger charge is -2.44. The first-order valence-electron chi connectivity index (χ1n) is 12.7. The molecule has 0 saturated carbocycles. The number of hydrogen-bond donors (Lipinski definition) is 0. The van der Waals surface area contributed by atoms with Gasteiger partial charge in [-0.2, -0.15) is 0 Å². The van der Waals surface area contributed by atoms with E-state index >= 15 is 0 Å². The molecule has 1 atom stereocenters. The van der Waals surface area contributed by atoms with E-state index in [0.717, 1.165) is 11.1 Å². The Balaban J connectivity index is 1.55. The van der Waals surface area contributed by atoms with Gasteiger partial charge in [-0.15, -0.1) is 0 Å². The topological polar surface area (TPSA) is 64.0 Å². The van der Waals surface area contributed by atoms with Crippen LogP contribution in [0.15, 0.2) is 108 Å². The summed E-state index contributed by atoms with van der Waals surface area (Å²) in [5.74, 6) is -0.0886. The van der Waals surface area contributed by atoms with Gasteiger partial charge in [0.25, 0.3) is 5.91 Å². The first-order valence-corrected chi connectivity index (χ1v) is 12.7. The van der Waals surface area contributed by atoms with Crippen molar-refractivity contribution in [3.05, 3.63) is 142 Å². The van der Waals surface area contributed by atoms with E-state index in [2.05, 4.69) is 0 Å². The first kappa shape index (κ1) is 24.5. The molecule has 0 spiro atoms. The number of carbonyl (C=O) groups excluding carboxylic acids is 1. The van der Waals surface area contributed by atoms with Crippen molar-refractivity contribution in [1.29, 1.82) is 0 Å². The van der Waals surface area contributed by atoms with E-state index in [1.807, 2.05) is 77.8 Å². The smallest absolute Gasteiger partial charge is 0.278 e. The van der Waals surface area contributed by atoms with Gasteiger partial charge in [0.1, 0.15) is 37.5 Å². The molecule has 1 unspecified atom stereocenters. The zero-order valence-corrected chi connectivity index (χ0v) is 21.1. The van der Waals surface area contributed by atoms with Gasteiger partial charge in [-0.1, -0.05) is 66.7 Å². The van der Waals surface area contributed by atoms with Crippen molar-refractivity contribution in [3.8, 4) is 11.5 Å². The van der Waals surface area contributed by atoms with E-state index in [0.29, 0.717) is 24.5 Å². The number of pyridine rings is 1. The summed E-state index contributed by atoms with van der Waals surface area (Å²) >= 11 is 0. The lowest BCUT2D eigenvalue weighted by atomic mass is 9.96. The molecule has 0 aliphatic carbocycles. The molecule has 0 saturated heterocycles. The molecule has 7 nitrogen and oxygen atoms in total. The number of amides is 1. The van der Waals surface area contributed by atoms with E-state index in [9.17, 15) is 14.0 Å². The second kappa shape index (κ2) is 10.5. The molecular weight excluding hydrogens is 497 g/mol. The molecule has 196 valence electrons. The van der Waals surface area contributed by atoms with Gasteiger partial charge >= 0.3 is 0 Å². The summed E-state index contributed by atoms with van der Waals surface area (Å²) in [4.78, 5) is 28.6. The minimum atomic E-state index is -0.547. The Morgan fingerprint density at radius 3 is 2.59 bits per heavy atom. The van der Waals surface area contributed by atoms with E-state index in [1.54, 1.807) is 21.8 Å². The summed E-state index contributed by atoms with van der Waals surface area (Å²) in [6.45, 7) is 0.925. The number of carbonyl (C=O) groups is 1. The summed E-state index contributed by atoms with van der Waals surface area (Å²) in [6.07, 6.45) is 5.30. The van der Waals surface area contributed by atoms with Crippen LogP contribution < -0.4 is 19.9 Å². The van der Waals surface area contributed by atoms with Gasteiger partial charge in [0.05, 0.1) is 0 Å². The fourth-order valence-corrected chi connectivity index (χ4v) is 5.03. The number of halogens is 1. The molecule has 2 aliphatic heterocycles. The average molecular weight is 524 g/mol. The van der Waals surface area contributed by atoms with Crippen LogP contribution in [0.2, 0.25) is 0 Å². The Bertz CT molecular complexity index is 1600. The van der Waals surface area contributed by atoms with Gasteiger partial charge in [0, 0.05) is 24.4 Å². The maximum atomic E-state index is 14.6. The minimum Gasteiger partial charge on any atom is -0.489 e. The molecule has 8 heteroatoms. The molecule has 1 amide bonds. The molecule has 6 rings (SSSR count). The summed E-state index contributed by atoms with van der Waals surface area (Å²) in [6, 6.07) is 24.3. The third-order valence-corrected chi connectivity index (χ3v) is 6.85. The van der Waals surface area contributed by atoms with Crippen LogP contribution in [0.3, 0.4) is 0 Å². The molecular formula is C31H26FN3O4. The molecule has 0 fully saturated rings. The lowest BCUT2D eigenvalue weighted by molar-refractivity contribution is 0.0698. The largest absolute Gasteiger partial charge is 0.489 e. The fourth-order valence-electron chi connectivity index (χ4n) is 5.03. The molecule has 2 aliphatic rings. The zero-order valence-electron chi connectivity index (χ0n) is 21.1. The van der Waals surface area contributed by atoms with Crippen molar-refractivity contribution < 1.29 is 18.7 Å². The highest BCUT2D eigenvalue weighted by Gasteiger charge is 2.37. The Morgan fingerprint density at radius 1 is 0.923 bits per heavy atom. The molecule has 3 aromatic carbocycles. The van der Waals surface area contributed by atoms with Crippen LogP contribution >= 0.6 is 0 Å². The lowest BCUT2D eigenvalue weighted by Crippen LogP contribution is -2.55. The summed E-state index contributed by atoms with van der Waals surface area (Å²) in [5.41, 5.74) is 2.07. The SMILES string of the molecule is O=C1c2c(OCc3ccccc3)c(=O)ccn2N2CN1C/C=C\COc1ccccc1C2c1cccc(F)c1. The molecule has 4 aromatic rings. The Labute approximate surface area is 224 Å². The number of nitrogens with zero attached hydrogens (tertiary/aromatic N) is 3. The van der Waals surface area contributed by atoms with Gasteiger partial charge < -0.3 is 14.4 Å². The van der Waals surface area contributed by atoms with E-state index in [-0.39, 0.29) is 36.4 Å². The van der Waals surface area contributed by atoms with Gasteiger partial charge in [-0.3, -0.25) is 19.3 Å². The van der Waals surface area contributed by atoms with Gasteiger partial charge in [-0.05, 0) is 35.4 Å². The van der Waals surface area contributed by atoms with Crippen LogP contribution in [0.4, 0.5) is 4.39 Å². The van der Waals surface area contributed by atoms with Crippen molar-refractivity contribution in [2.45, 2.75) is 12.6 Å². The molecule has 39 heavy (non-hydrogen) atoms. The van der Waals surface area contributed by atoms with E-state index < -0.39 is 11.5 Å². The highest BCUT2D eigenvalue weighted by Crippen LogP contribution is 2.37. The number of aromatic nitrogens is 1. The van der Waals surface area contributed by atoms with Crippen LogP contribution in [0.5, 0.6) is 11.5 Å². The summed E-state index contributed by atoms with van der Waals surface area (Å²) in [7, 11) is 0. The Kier molecular flexibility index (Phi) is 6.59. The maximum absolute atomic E-state index is 14.6. The van der Waals surface area contributed by atoms with Crippen molar-refractivity contribution in [3.63, 3.8) is 0 Å². The highest BCUT2D eigenvalue weighted by atomic mass is 19.1. The number of rotatable bonds is 4. The normalized spacial score (nSPS) is 17.4. The molecule has 2 bridgehead atoms. The van der Waals surface area contributed by atoms with Crippen LogP contribution in [-0.2, 0) is 6.61 Å². The predicted molar refractivity (Wildman–Crippen MR) is 145 cm³/mol. The number of ether oxygens (including phenoxy) is 2. The predicted octanol–water partition coefficient (Wildman–Crippen LogP) is 4.66. The van der Waals surface area contributed by atoms with Gasteiger partial charge in [-0.25, -0.2) is 4.39 Å². The standard InChI is InChI=1S/C31H26FN3O4/c32-24-12-8-11-23(19-24)28-25-13-4-5-14-27(25)38-18-7-6-16-33-21-35(28)34-17-15-26(36)30(29(34)31(33)37)39-20-22-9-2-1-3-10-22/h1-15,17,19,28H,16,18,20-21H2/b7-6-. The Hall–Kier alpha value is -4.85. The van der Waals surface area contributed by atoms with Crippen molar-refractivity contribution in [1.82, 2.24) is 9.58 Å². The highest BCUT2D eigenvalue weighted by molar-refractivity contribution is 5.96. The van der Waals surface area contributed by atoms with Gasteiger partial charge in [0.15, 0.2) is 11.4 Å². The third kappa shape index (κ3) is 4.77. The van der Waals surface area contributed by atoms with Crippen LogP contribution in [0.1, 0.15) is 33.2 Å². The molecule has 1 aromatic heterocycles. The molecule has 0 N–H and O–H groups in total. The van der Waals surface area contributed by atoms with Crippen molar-refractivity contribution in [2.24, 2.45) is 0 Å². The zero-order chi connectivity index (χ0) is 26.8. The number of hydrogen-bond acceptors (Lipinski definition) is 5. The van der Waals surface area contributed by atoms with Crippen LogP contribution in [-0.4, -0.2) is 35.3 Å². The number of benzene rings is 3. The monoisotopic (exact) mass is 523 g/mol. The van der Waals surface area contributed by atoms with Crippen molar-refractivity contribution >= 4 is 5.91 Å². The molecule has 3 heterocycles. The first-order chi connectivity index (χ1) is 19.1. The van der Waals surface area contributed by atoms with Crippen LogP contribution in [0.25, 0.3) is 0 Å². The second-order valence-corrected chi connectivity index (χ2v) is 9.36. The fraction of sp³-hybridized carbons (Fsp3) is 0.161. The quantitative estimate of drug-likeness (QED) is 0.364. The second-order valence-electron chi connectivity index (χ2n) is 9.36. The maximum Gasteiger partial charge on any atom is 0.278 e.